The Bertz CT molecular complexity index is 1110. The molecule has 1 rings (SSSR count). The molecular weight excluding hydrogens is 590 g/mol. The van der Waals surface area contributed by atoms with E-state index in [1.54, 1.807) is 47.7 Å². The van der Waals surface area contributed by atoms with Crippen LogP contribution in [0.4, 0.5) is 13.2 Å². The molecule has 1 aromatic carbocycles. The quantitative estimate of drug-likeness (QED) is 0.197. The van der Waals surface area contributed by atoms with Crippen molar-refractivity contribution in [3.63, 3.8) is 0 Å². The molecule has 14 heteroatoms. The van der Waals surface area contributed by atoms with E-state index in [9.17, 15) is 26.4 Å². The van der Waals surface area contributed by atoms with Gasteiger partial charge in [-0.2, -0.15) is 13.2 Å². The first-order valence-corrected chi connectivity index (χ1v) is 12.5. The van der Waals surface area contributed by atoms with Crippen LogP contribution in [0.1, 0.15) is 5.56 Å². The third-order valence-electron chi connectivity index (χ3n) is 3.94. The lowest BCUT2D eigenvalue weighted by atomic mass is 10.2. The van der Waals surface area contributed by atoms with Gasteiger partial charge in [-0.05, 0) is 54.9 Å². The van der Waals surface area contributed by atoms with Gasteiger partial charge in [0.05, 0.1) is 4.90 Å². The zero-order valence-corrected chi connectivity index (χ0v) is 21.9. The predicted octanol–water partition coefficient (Wildman–Crippen LogP) is 2.25. The lowest BCUT2D eigenvalue weighted by Gasteiger charge is -2.10. The summed E-state index contributed by atoms with van der Waals surface area (Å²) in [6, 6.07) is 5.85. The number of allylic oxidation sites excluding steroid dienone is 1. The average molecular weight is 615 g/mol. The van der Waals surface area contributed by atoms with Crippen molar-refractivity contribution in [3.8, 4) is 0 Å². The summed E-state index contributed by atoms with van der Waals surface area (Å²) in [4.78, 5) is 25.7. The first kappa shape index (κ1) is 29.7. The smallest absolute Gasteiger partial charge is 0.430 e. The molecule has 0 unspecified atom stereocenters. The van der Waals surface area contributed by atoms with Crippen LogP contribution in [0.2, 0.25) is 0 Å². The van der Waals surface area contributed by atoms with Gasteiger partial charge in [0, 0.05) is 25.4 Å². The number of aliphatic imine (C=N–C) groups is 3. The molecule has 1 aromatic rings. The summed E-state index contributed by atoms with van der Waals surface area (Å²) in [6.45, 7) is -0.0440. The van der Waals surface area contributed by atoms with E-state index in [1.807, 2.05) is 0 Å². The number of hydrogen-bond donors (Lipinski definition) is 1. The monoisotopic (exact) mass is 615 g/mol. The molecule has 0 aliphatic carbocycles. The maximum Gasteiger partial charge on any atom is 0.430 e. The van der Waals surface area contributed by atoms with E-state index in [4.69, 9.17) is 10.5 Å². The van der Waals surface area contributed by atoms with Crippen LogP contribution in [-0.4, -0.2) is 87.8 Å². The average Bonchev–Trinajstić information content (AvgIpc) is 2.73. The second kappa shape index (κ2) is 12.9. The first-order chi connectivity index (χ1) is 15.6. The standard InChI is InChI=1S/C20H25F3IN5O4S/c1-26-19(28-18(24)13-6-5-7-14(10-13)34(4,31)32)15(11-16(25)20(21,22)23)27-12-17(30)33-9-8-29(2)3/h5-7,10-11H,8-9,12,25H2,1-4H3. The van der Waals surface area contributed by atoms with E-state index in [1.165, 1.54) is 25.2 Å². The molecule has 0 aromatic heterocycles. The Balaban J connectivity index is 3.34. The van der Waals surface area contributed by atoms with E-state index in [0.717, 1.165) is 6.26 Å². The number of nitrogens with two attached hydrogens (primary N) is 1. The number of hydrogen-bond acceptors (Lipinski definition) is 8. The summed E-state index contributed by atoms with van der Waals surface area (Å²) >= 11 is 1.79. The summed E-state index contributed by atoms with van der Waals surface area (Å²) in [7, 11) is 1.35. The van der Waals surface area contributed by atoms with E-state index in [-0.39, 0.29) is 21.1 Å². The van der Waals surface area contributed by atoms with Crippen LogP contribution in [0.5, 0.6) is 0 Å². The fourth-order valence-corrected chi connectivity index (χ4v) is 3.41. The molecular formula is C20H25F3IN5O4S. The lowest BCUT2D eigenvalue weighted by Crippen LogP contribution is -2.24. The zero-order valence-electron chi connectivity index (χ0n) is 18.9. The number of rotatable bonds is 9. The molecule has 0 saturated carbocycles. The minimum Gasteiger partial charge on any atom is -0.463 e. The van der Waals surface area contributed by atoms with Crippen LogP contribution in [0, 0.1) is 0 Å². The number of nitrogens with zero attached hydrogens (tertiary/aromatic N) is 4. The Morgan fingerprint density at radius 1 is 1.29 bits per heavy atom. The second-order valence-corrected chi connectivity index (χ2v) is 10.1. The number of alkyl halides is 3. The van der Waals surface area contributed by atoms with Gasteiger partial charge in [0.25, 0.3) is 0 Å². The van der Waals surface area contributed by atoms with Crippen LogP contribution in [0.25, 0.3) is 0 Å². The van der Waals surface area contributed by atoms with Crippen LogP contribution in [0.3, 0.4) is 0 Å². The third kappa shape index (κ3) is 10.3. The number of halogens is 4. The van der Waals surface area contributed by atoms with Crippen molar-refractivity contribution >= 4 is 53.7 Å². The van der Waals surface area contributed by atoms with Crippen molar-refractivity contribution in [2.24, 2.45) is 20.7 Å². The Labute approximate surface area is 209 Å². The number of sulfone groups is 1. The number of carbonyl (C=O) groups is 1. The van der Waals surface area contributed by atoms with Crippen molar-refractivity contribution < 1.29 is 31.1 Å². The summed E-state index contributed by atoms with van der Waals surface area (Å²) < 4.78 is 67.9. The fourth-order valence-electron chi connectivity index (χ4n) is 2.18. The minimum absolute atomic E-state index is 0.0416. The predicted molar refractivity (Wildman–Crippen MR) is 134 cm³/mol. The highest BCUT2D eigenvalue weighted by Gasteiger charge is 2.32. The van der Waals surface area contributed by atoms with Crippen molar-refractivity contribution in [1.82, 2.24) is 4.90 Å². The first-order valence-electron chi connectivity index (χ1n) is 9.56. The summed E-state index contributed by atoms with van der Waals surface area (Å²) in [5.41, 5.74) is 3.67. The highest BCUT2D eigenvalue weighted by molar-refractivity contribution is 14.1. The molecule has 0 saturated heterocycles. The molecule has 0 atom stereocenters. The van der Waals surface area contributed by atoms with Crippen LogP contribution < -0.4 is 5.73 Å². The molecule has 0 spiro atoms. The third-order valence-corrected chi connectivity index (χ3v) is 5.92. The number of carbonyl (C=O) groups excluding carboxylic acids is 1. The van der Waals surface area contributed by atoms with Crippen molar-refractivity contribution in [3.05, 3.63) is 41.6 Å². The number of benzene rings is 1. The molecule has 0 radical (unpaired) electrons. The summed E-state index contributed by atoms with van der Waals surface area (Å²) in [5, 5.41) is 0. The van der Waals surface area contributed by atoms with Crippen molar-refractivity contribution in [2.75, 3.05) is 47.1 Å². The van der Waals surface area contributed by atoms with Gasteiger partial charge in [-0.25, -0.2) is 13.4 Å². The highest BCUT2D eigenvalue weighted by atomic mass is 127. The zero-order chi connectivity index (χ0) is 26.1. The molecule has 34 heavy (non-hydrogen) atoms. The van der Waals surface area contributed by atoms with E-state index >= 15 is 0 Å². The fraction of sp³-hybridized carbons (Fsp3) is 0.400. The molecule has 0 aliphatic heterocycles. The Kier molecular flexibility index (Phi) is 11.3. The molecule has 9 nitrogen and oxygen atoms in total. The van der Waals surface area contributed by atoms with Crippen LogP contribution >= 0.6 is 22.6 Å². The van der Waals surface area contributed by atoms with Crippen molar-refractivity contribution in [2.45, 2.75) is 11.1 Å². The SMILES string of the molecule is CN=C(N=C(I)c1cccc(S(C)(=O)=O)c1)C(C=C(N)C(F)(F)F)=NCC(=O)OCCN(C)C. The van der Waals surface area contributed by atoms with Crippen LogP contribution in [0.15, 0.2) is 55.9 Å². The van der Waals surface area contributed by atoms with E-state index in [0.29, 0.717) is 18.2 Å². The Morgan fingerprint density at radius 3 is 2.47 bits per heavy atom. The molecule has 0 aliphatic rings. The molecule has 0 heterocycles. The highest BCUT2D eigenvalue weighted by Crippen LogP contribution is 2.21. The van der Waals surface area contributed by atoms with Gasteiger partial charge in [-0.15, -0.1) is 0 Å². The number of esters is 1. The maximum absolute atomic E-state index is 13.0. The molecule has 0 fully saturated rings. The summed E-state index contributed by atoms with van der Waals surface area (Å²) in [5.74, 6) is -1.00. The van der Waals surface area contributed by atoms with Gasteiger partial charge in [0.1, 0.15) is 28.3 Å². The number of ether oxygens (including phenoxy) is 1. The topological polar surface area (TPSA) is 127 Å². The van der Waals surface area contributed by atoms with E-state index in [2.05, 4.69) is 15.0 Å². The normalized spacial score (nSPS) is 14.5. The molecule has 0 amide bonds. The second-order valence-electron chi connectivity index (χ2n) is 7.07. The number of likely N-dealkylation sites (N-methyl/N-ethyl adjacent to an activating group) is 1. The van der Waals surface area contributed by atoms with Gasteiger partial charge in [0.2, 0.25) is 0 Å². The molecule has 188 valence electrons. The van der Waals surface area contributed by atoms with Gasteiger partial charge in [-0.1, -0.05) is 12.1 Å². The van der Waals surface area contributed by atoms with Gasteiger partial charge >= 0.3 is 12.1 Å². The maximum atomic E-state index is 13.0. The van der Waals surface area contributed by atoms with Crippen LogP contribution in [-0.2, 0) is 19.4 Å². The van der Waals surface area contributed by atoms with Gasteiger partial charge in [-0.3, -0.25) is 14.8 Å². The lowest BCUT2D eigenvalue weighted by molar-refractivity contribution is -0.142. The van der Waals surface area contributed by atoms with Gasteiger partial charge < -0.3 is 15.4 Å². The number of amidine groups is 1. The Hall–Kier alpha value is -2.33. The van der Waals surface area contributed by atoms with Gasteiger partial charge in [0.15, 0.2) is 15.7 Å². The Morgan fingerprint density at radius 2 is 1.94 bits per heavy atom. The largest absolute Gasteiger partial charge is 0.463 e. The summed E-state index contributed by atoms with van der Waals surface area (Å²) in [6.07, 6.45) is -3.27. The van der Waals surface area contributed by atoms with E-state index < -0.39 is 39.9 Å². The minimum atomic E-state index is -4.84. The molecule has 0 bridgehead atoms. The molecule has 2 N–H and O–H groups in total. The van der Waals surface area contributed by atoms with Crippen molar-refractivity contribution in [1.29, 1.82) is 0 Å².